The van der Waals surface area contributed by atoms with E-state index in [0.29, 0.717) is 5.75 Å². The molecular formula is C16H16N2O2S2. The molecule has 2 aromatic carbocycles. The van der Waals surface area contributed by atoms with Crippen molar-refractivity contribution in [3.05, 3.63) is 48.5 Å². The quantitative estimate of drug-likeness (QED) is 0.702. The summed E-state index contributed by atoms with van der Waals surface area (Å²) in [5, 5.41) is 0.841. The van der Waals surface area contributed by atoms with Gasteiger partial charge in [-0.2, -0.15) is 0 Å². The zero-order chi connectivity index (χ0) is 15.4. The molecule has 3 rings (SSSR count). The van der Waals surface area contributed by atoms with Gasteiger partial charge in [0, 0.05) is 22.5 Å². The Morgan fingerprint density at radius 1 is 1.23 bits per heavy atom. The number of nitrogens with one attached hydrogen (secondary N) is 1. The Bertz CT molecular complexity index is 787. The van der Waals surface area contributed by atoms with Crippen molar-refractivity contribution in [1.29, 1.82) is 0 Å². The van der Waals surface area contributed by atoms with Crippen LogP contribution in [0, 0.1) is 0 Å². The average molecular weight is 332 g/mol. The van der Waals surface area contributed by atoms with Crippen LogP contribution in [0.5, 0.6) is 5.75 Å². The molecule has 1 atom stereocenters. The summed E-state index contributed by atoms with van der Waals surface area (Å²) in [6.45, 7) is 0. The third-order valence-corrected chi connectivity index (χ3v) is 5.69. The van der Waals surface area contributed by atoms with E-state index in [1.54, 1.807) is 18.9 Å². The molecule has 0 amide bonds. The Hall–Kier alpha value is -1.79. The highest BCUT2D eigenvalue weighted by molar-refractivity contribution is 8.00. The number of methoxy groups -OCH3 is 1. The first-order chi connectivity index (χ1) is 10.8. The van der Waals surface area contributed by atoms with E-state index in [2.05, 4.69) is 9.97 Å². The standard InChI is InChI=1S/C16H16N2O2S2/c1-20-12-7-8-14-15(11-12)18-16(17-14)21-9-10-22(19)13-5-3-2-4-6-13/h2-8,11H,9-10H2,1H3,(H,17,18). The number of ether oxygens (including phenoxy) is 1. The number of rotatable bonds is 6. The van der Waals surface area contributed by atoms with Crippen molar-refractivity contribution in [2.45, 2.75) is 10.1 Å². The molecule has 1 unspecified atom stereocenters. The van der Waals surface area contributed by atoms with Crippen molar-refractivity contribution in [3.63, 3.8) is 0 Å². The number of benzene rings is 2. The number of nitrogens with zero attached hydrogens (tertiary/aromatic N) is 1. The Balaban J connectivity index is 1.61. The van der Waals surface area contributed by atoms with Gasteiger partial charge < -0.3 is 9.72 Å². The molecule has 0 aliphatic carbocycles. The first kappa shape index (κ1) is 15.1. The number of thioether (sulfide) groups is 1. The lowest BCUT2D eigenvalue weighted by Gasteiger charge is -2.00. The van der Waals surface area contributed by atoms with Gasteiger partial charge in [-0.3, -0.25) is 4.21 Å². The number of hydrogen-bond donors (Lipinski definition) is 1. The maximum atomic E-state index is 12.1. The molecule has 0 aliphatic heterocycles. The summed E-state index contributed by atoms with van der Waals surface area (Å²) in [5.41, 5.74) is 1.86. The van der Waals surface area contributed by atoms with E-state index in [4.69, 9.17) is 4.74 Å². The molecule has 1 aromatic heterocycles. The molecule has 0 spiro atoms. The molecule has 0 bridgehead atoms. The van der Waals surface area contributed by atoms with E-state index >= 15 is 0 Å². The Morgan fingerprint density at radius 3 is 2.82 bits per heavy atom. The van der Waals surface area contributed by atoms with Crippen LogP contribution in [0.1, 0.15) is 0 Å². The first-order valence-electron chi connectivity index (χ1n) is 6.86. The fraction of sp³-hybridized carbons (Fsp3) is 0.188. The lowest BCUT2D eigenvalue weighted by atomic mass is 10.3. The highest BCUT2D eigenvalue weighted by Gasteiger charge is 2.07. The molecule has 6 heteroatoms. The summed E-state index contributed by atoms with van der Waals surface area (Å²) in [6.07, 6.45) is 0. The van der Waals surface area contributed by atoms with Gasteiger partial charge in [-0.15, -0.1) is 0 Å². The number of aromatic amines is 1. The van der Waals surface area contributed by atoms with Gasteiger partial charge in [0.2, 0.25) is 0 Å². The van der Waals surface area contributed by atoms with Gasteiger partial charge in [0.05, 0.1) is 28.9 Å². The molecule has 0 saturated heterocycles. The molecule has 1 heterocycles. The fourth-order valence-corrected chi connectivity index (χ4v) is 4.24. The highest BCUT2D eigenvalue weighted by Crippen LogP contribution is 2.23. The lowest BCUT2D eigenvalue weighted by Crippen LogP contribution is -2.00. The van der Waals surface area contributed by atoms with Gasteiger partial charge in [0.1, 0.15) is 5.75 Å². The molecule has 3 aromatic rings. The molecule has 0 fully saturated rings. The maximum Gasteiger partial charge on any atom is 0.166 e. The molecular weight excluding hydrogens is 316 g/mol. The second-order valence-electron chi connectivity index (χ2n) is 4.64. The van der Waals surface area contributed by atoms with Crippen LogP contribution in [-0.4, -0.2) is 32.8 Å². The zero-order valence-electron chi connectivity index (χ0n) is 12.1. The van der Waals surface area contributed by atoms with E-state index in [9.17, 15) is 4.21 Å². The SMILES string of the molecule is COc1ccc2nc(SCCS(=O)c3ccccc3)[nH]c2c1. The third-order valence-electron chi connectivity index (χ3n) is 3.18. The molecule has 1 N–H and O–H groups in total. The lowest BCUT2D eigenvalue weighted by molar-refractivity contribution is 0.415. The van der Waals surface area contributed by atoms with Gasteiger partial charge in [0.15, 0.2) is 5.16 Å². The van der Waals surface area contributed by atoms with Crippen LogP contribution in [0.2, 0.25) is 0 Å². The molecule has 114 valence electrons. The van der Waals surface area contributed by atoms with Crippen molar-refractivity contribution in [2.24, 2.45) is 0 Å². The summed E-state index contributed by atoms with van der Waals surface area (Å²) in [5.74, 6) is 2.16. The van der Waals surface area contributed by atoms with Crippen LogP contribution in [0.25, 0.3) is 11.0 Å². The van der Waals surface area contributed by atoms with Crippen molar-refractivity contribution in [3.8, 4) is 5.75 Å². The number of imidazole rings is 1. The van der Waals surface area contributed by atoms with Gasteiger partial charge >= 0.3 is 0 Å². The predicted molar refractivity (Wildman–Crippen MR) is 91.1 cm³/mol. The number of hydrogen-bond acceptors (Lipinski definition) is 4. The number of aromatic nitrogens is 2. The van der Waals surface area contributed by atoms with Crippen LogP contribution in [0.15, 0.2) is 58.6 Å². The minimum absolute atomic E-state index is 0.606. The molecule has 0 aliphatic rings. The summed E-state index contributed by atoms with van der Waals surface area (Å²) < 4.78 is 17.3. The Labute approximate surface area is 135 Å². The summed E-state index contributed by atoms with van der Waals surface area (Å²) in [4.78, 5) is 8.64. The van der Waals surface area contributed by atoms with Gasteiger partial charge in [0.25, 0.3) is 0 Å². The zero-order valence-corrected chi connectivity index (χ0v) is 13.7. The minimum atomic E-state index is -0.962. The van der Waals surface area contributed by atoms with Gasteiger partial charge in [-0.1, -0.05) is 30.0 Å². The van der Waals surface area contributed by atoms with Crippen LogP contribution >= 0.6 is 11.8 Å². The summed E-state index contributed by atoms with van der Waals surface area (Å²) in [7, 11) is 0.683. The Morgan fingerprint density at radius 2 is 2.05 bits per heavy atom. The van der Waals surface area contributed by atoms with Gasteiger partial charge in [-0.25, -0.2) is 4.98 Å². The van der Waals surface area contributed by atoms with Crippen molar-refractivity contribution in [1.82, 2.24) is 9.97 Å². The second kappa shape index (κ2) is 6.98. The third kappa shape index (κ3) is 3.51. The van der Waals surface area contributed by atoms with Crippen molar-refractivity contribution < 1.29 is 8.95 Å². The monoisotopic (exact) mass is 332 g/mol. The first-order valence-corrected chi connectivity index (χ1v) is 9.17. The van der Waals surface area contributed by atoms with Crippen molar-refractivity contribution in [2.75, 3.05) is 18.6 Å². The van der Waals surface area contributed by atoms with E-state index < -0.39 is 10.8 Å². The molecule has 4 nitrogen and oxygen atoms in total. The van der Waals surface area contributed by atoms with Gasteiger partial charge in [-0.05, 0) is 24.3 Å². The normalized spacial score (nSPS) is 12.4. The minimum Gasteiger partial charge on any atom is -0.497 e. The Kier molecular flexibility index (Phi) is 4.80. The van der Waals surface area contributed by atoms with E-state index in [1.165, 1.54) is 0 Å². The number of H-pyrrole nitrogens is 1. The fourth-order valence-electron chi connectivity index (χ4n) is 2.06. The van der Waals surface area contributed by atoms with Crippen LogP contribution < -0.4 is 4.74 Å². The van der Waals surface area contributed by atoms with E-state index in [-0.39, 0.29) is 0 Å². The summed E-state index contributed by atoms with van der Waals surface area (Å²) >= 11 is 1.58. The number of fused-ring (bicyclic) bond motifs is 1. The topological polar surface area (TPSA) is 55.0 Å². The van der Waals surface area contributed by atoms with Crippen LogP contribution in [0.3, 0.4) is 0 Å². The van der Waals surface area contributed by atoms with Crippen LogP contribution in [0.4, 0.5) is 0 Å². The van der Waals surface area contributed by atoms with Crippen LogP contribution in [-0.2, 0) is 10.8 Å². The second-order valence-corrected chi connectivity index (χ2v) is 7.29. The summed E-state index contributed by atoms with van der Waals surface area (Å²) in [6, 6.07) is 15.3. The molecule has 22 heavy (non-hydrogen) atoms. The van der Waals surface area contributed by atoms with Crippen molar-refractivity contribution >= 4 is 33.6 Å². The van der Waals surface area contributed by atoms with E-state index in [1.807, 2.05) is 48.5 Å². The maximum absolute atomic E-state index is 12.1. The largest absolute Gasteiger partial charge is 0.497 e. The molecule has 0 saturated carbocycles. The molecule has 0 radical (unpaired) electrons. The highest BCUT2D eigenvalue weighted by atomic mass is 32.2. The predicted octanol–water partition coefficient (Wildman–Crippen LogP) is 3.47. The average Bonchev–Trinajstić information content (AvgIpc) is 2.97. The van der Waals surface area contributed by atoms with E-state index in [0.717, 1.165) is 32.6 Å². The smallest absolute Gasteiger partial charge is 0.166 e.